The van der Waals surface area contributed by atoms with Crippen molar-refractivity contribution in [1.29, 1.82) is 0 Å². The molecular formula is C16H23N3O3. The lowest BCUT2D eigenvalue weighted by molar-refractivity contribution is -0.131. The molecule has 0 aliphatic carbocycles. The average molecular weight is 305 g/mol. The standard InChI is InChI=1S/C16H23N3O3/c1-11-2-4-12(5-3-11)15(20)18-8-9-19-16(21)14-7-6-13(10-17)22-14/h2-5,13-14H,6-10,17H2,1H3,(H,18,20)(H,19,21)/t13-,14+/m1/s1. The molecule has 6 nitrogen and oxygen atoms in total. The number of amides is 2. The van der Waals surface area contributed by atoms with E-state index in [0.29, 0.717) is 31.6 Å². The summed E-state index contributed by atoms with van der Waals surface area (Å²) in [7, 11) is 0. The van der Waals surface area contributed by atoms with E-state index in [1.54, 1.807) is 12.1 Å². The number of carbonyl (C=O) groups is 2. The fourth-order valence-corrected chi connectivity index (χ4v) is 2.35. The van der Waals surface area contributed by atoms with Crippen molar-refractivity contribution in [1.82, 2.24) is 10.6 Å². The van der Waals surface area contributed by atoms with Gasteiger partial charge in [0, 0.05) is 25.2 Å². The van der Waals surface area contributed by atoms with E-state index in [4.69, 9.17) is 10.5 Å². The van der Waals surface area contributed by atoms with Crippen LogP contribution in [0.4, 0.5) is 0 Å². The highest BCUT2D eigenvalue weighted by molar-refractivity contribution is 5.94. The first-order chi connectivity index (χ1) is 10.6. The van der Waals surface area contributed by atoms with Gasteiger partial charge in [0.15, 0.2) is 0 Å². The predicted octanol–water partition coefficient (Wildman–Crippen LogP) is 0.347. The first-order valence-electron chi connectivity index (χ1n) is 7.58. The van der Waals surface area contributed by atoms with Gasteiger partial charge in [-0.1, -0.05) is 17.7 Å². The van der Waals surface area contributed by atoms with Crippen LogP contribution in [0.5, 0.6) is 0 Å². The number of ether oxygens (including phenoxy) is 1. The van der Waals surface area contributed by atoms with E-state index in [0.717, 1.165) is 12.0 Å². The van der Waals surface area contributed by atoms with Crippen LogP contribution in [0.25, 0.3) is 0 Å². The lowest BCUT2D eigenvalue weighted by atomic mass is 10.1. The highest BCUT2D eigenvalue weighted by Gasteiger charge is 2.29. The Bertz CT molecular complexity index is 516. The molecule has 2 rings (SSSR count). The molecule has 6 heteroatoms. The van der Waals surface area contributed by atoms with Gasteiger partial charge in [-0.2, -0.15) is 0 Å². The molecule has 1 fully saturated rings. The SMILES string of the molecule is Cc1ccc(C(=O)NCCNC(=O)[C@@H]2CC[C@H](CN)O2)cc1. The number of hydrogen-bond donors (Lipinski definition) is 3. The van der Waals surface area contributed by atoms with Crippen LogP contribution in [-0.4, -0.2) is 43.7 Å². The molecular weight excluding hydrogens is 282 g/mol. The van der Waals surface area contributed by atoms with E-state index in [1.165, 1.54) is 0 Å². The van der Waals surface area contributed by atoms with Crippen LogP contribution in [-0.2, 0) is 9.53 Å². The Kier molecular flexibility index (Phi) is 5.91. The van der Waals surface area contributed by atoms with Crippen LogP contribution in [0.15, 0.2) is 24.3 Å². The Morgan fingerprint density at radius 2 is 1.86 bits per heavy atom. The van der Waals surface area contributed by atoms with Gasteiger partial charge in [0.05, 0.1) is 6.10 Å². The van der Waals surface area contributed by atoms with Crippen molar-refractivity contribution in [2.45, 2.75) is 32.0 Å². The van der Waals surface area contributed by atoms with Gasteiger partial charge in [-0.15, -0.1) is 0 Å². The summed E-state index contributed by atoms with van der Waals surface area (Å²) in [6, 6.07) is 7.34. The Morgan fingerprint density at radius 1 is 1.18 bits per heavy atom. The normalized spacial score (nSPS) is 20.6. The Labute approximate surface area is 130 Å². The maximum absolute atomic E-state index is 11.9. The monoisotopic (exact) mass is 305 g/mol. The predicted molar refractivity (Wildman–Crippen MR) is 83.5 cm³/mol. The van der Waals surface area contributed by atoms with Gasteiger partial charge in [0.25, 0.3) is 5.91 Å². The lowest BCUT2D eigenvalue weighted by Gasteiger charge is -2.13. The van der Waals surface area contributed by atoms with E-state index in [1.807, 2.05) is 19.1 Å². The molecule has 1 aliphatic heterocycles. The fraction of sp³-hybridized carbons (Fsp3) is 0.500. The molecule has 0 aromatic heterocycles. The molecule has 1 saturated heterocycles. The molecule has 120 valence electrons. The van der Waals surface area contributed by atoms with Gasteiger partial charge in [0.1, 0.15) is 6.10 Å². The van der Waals surface area contributed by atoms with Crippen LogP contribution in [0.2, 0.25) is 0 Å². The highest BCUT2D eigenvalue weighted by Crippen LogP contribution is 2.18. The van der Waals surface area contributed by atoms with Crippen LogP contribution < -0.4 is 16.4 Å². The van der Waals surface area contributed by atoms with Crippen molar-refractivity contribution in [2.24, 2.45) is 5.73 Å². The van der Waals surface area contributed by atoms with Crippen LogP contribution in [0.3, 0.4) is 0 Å². The van der Waals surface area contributed by atoms with Crippen molar-refractivity contribution in [3.05, 3.63) is 35.4 Å². The Morgan fingerprint density at radius 3 is 2.50 bits per heavy atom. The number of carbonyl (C=O) groups excluding carboxylic acids is 2. The summed E-state index contributed by atoms with van der Waals surface area (Å²) in [6.07, 6.45) is 1.08. The van der Waals surface area contributed by atoms with Crippen molar-refractivity contribution in [3.8, 4) is 0 Å². The summed E-state index contributed by atoms with van der Waals surface area (Å²) < 4.78 is 5.51. The first kappa shape index (κ1) is 16.5. The Hall–Kier alpha value is -1.92. The summed E-state index contributed by atoms with van der Waals surface area (Å²) in [5.41, 5.74) is 7.23. The molecule has 0 unspecified atom stereocenters. The number of benzene rings is 1. The quantitative estimate of drug-likeness (QED) is 0.661. The minimum Gasteiger partial charge on any atom is -0.364 e. The third-order valence-electron chi connectivity index (χ3n) is 3.69. The summed E-state index contributed by atoms with van der Waals surface area (Å²) in [5, 5.41) is 5.54. The second kappa shape index (κ2) is 7.91. The zero-order valence-electron chi connectivity index (χ0n) is 12.8. The molecule has 2 amide bonds. The summed E-state index contributed by atoms with van der Waals surface area (Å²) in [4.78, 5) is 23.7. The van der Waals surface area contributed by atoms with E-state index in [2.05, 4.69) is 10.6 Å². The van der Waals surface area contributed by atoms with Gasteiger partial charge in [-0.05, 0) is 31.9 Å². The Balaban J connectivity index is 1.65. The molecule has 0 radical (unpaired) electrons. The third kappa shape index (κ3) is 4.54. The van der Waals surface area contributed by atoms with Crippen LogP contribution in [0, 0.1) is 6.92 Å². The van der Waals surface area contributed by atoms with Crippen molar-refractivity contribution < 1.29 is 14.3 Å². The summed E-state index contributed by atoms with van der Waals surface area (Å²) in [6.45, 7) is 3.17. The second-order valence-electron chi connectivity index (χ2n) is 5.47. The lowest BCUT2D eigenvalue weighted by Crippen LogP contribution is -2.40. The smallest absolute Gasteiger partial charge is 0.251 e. The van der Waals surface area contributed by atoms with Gasteiger partial charge >= 0.3 is 0 Å². The molecule has 2 atom stereocenters. The van der Waals surface area contributed by atoms with Crippen molar-refractivity contribution in [3.63, 3.8) is 0 Å². The summed E-state index contributed by atoms with van der Waals surface area (Å²) >= 11 is 0. The zero-order valence-corrected chi connectivity index (χ0v) is 12.8. The third-order valence-corrected chi connectivity index (χ3v) is 3.69. The van der Waals surface area contributed by atoms with Gasteiger partial charge in [-0.3, -0.25) is 9.59 Å². The molecule has 4 N–H and O–H groups in total. The zero-order chi connectivity index (χ0) is 15.9. The molecule has 22 heavy (non-hydrogen) atoms. The molecule has 1 aromatic carbocycles. The molecule has 1 heterocycles. The molecule has 0 saturated carbocycles. The van der Waals surface area contributed by atoms with Gasteiger partial charge < -0.3 is 21.1 Å². The largest absolute Gasteiger partial charge is 0.364 e. The van der Waals surface area contributed by atoms with E-state index < -0.39 is 6.10 Å². The van der Waals surface area contributed by atoms with Gasteiger partial charge in [0.2, 0.25) is 5.91 Å². The summed E-state index contributed by atoms with van der Waals surface area (Å²) in [5.74, 6) is -0.282. The number of aryl methyl sites for hydroxylation is 1. The van der Waals surface area contributed by atoms with Crippen LogP contribution in [0.1, 0.15) is 28.8 Å². The molecule has 1 aromatic rings. The number of hydrogen-bond acceptors (Lipinski definition) is 4. The average Bonchev–Trinajstić information content (AvgIpc) is 3.01. The second-order valence-corrected chi connectivity index (χ2v) is 5.47. The minimum atomic E-state index is -0.415. The van der Waals surface area contributed by atoms with Crippen molar-refractivity contribution in [2.75, 3.05) is 19.6 Å². The number of rotatable bonds is 6. The maximum Gasteiger partial charge on any atom is 0.251 e. The van der Waals surface area contributed by atoms with E-state index >= 15 is 0 Å². The first-order valence-corrected chi connectivity index (χ1v) is 7.58. The van der Waals surface area contributed by atoms with Gasteiger partial charge in [-0.25, -0.2) is 0 Å². The van der Waals surface area contributed by atoms with E-state index in [-0.39, 0.29) is 17.9 Å². The molecule has 1 aliphatic rings. The minimum absolute atomic E-state index is 0.0167. The maximum atomic E-state index is 11.9. The fourth-order valence-electron chi connectivity index (χ4n) is 2.35. The topological polar surface area (TPSA) is 93.5 Å². The molecule has 0 spiro atoms. The van der Waals surface area contributed by atoms with Crippen molar-refractivity contribution >= 4 is 11.8 Å². The molecule has 0 bridgehead atoms. The number of nitrogens with two attached hydrogens (primary N) is 1. The van der Waals surface area contributed by atoms with Crippen LogP contribution >= 0.6 is 0 Å². The highest BCUT2D eigenvalue weighted by atomic mass is 16.5. The van der Waals surface area contributed by atoms with E-state index in [9.17, 15) is 9.59 Å². The number of nitrogens with one attached hydrogen (secondary N) is 2.